The van der Waals surface area contributed by atoms with Crippen molar-refractivity contribution in [1.29, 1.82) is 0 Å². The summed E-state index contributed by atoms with van der Waals surface area (Å²) in [5, 5.41) is 3.29. The van der Waals surface area contributed by atoms with Crippen molar-refractivity contribution in [1.82, 2.24) is 9.78 Å². The van der Waals surface area contributed by atoms with Gasteiger partial charge in [0, 0.05) is 17.8 Å². The Balaban J connectivity index is 1.73. The largest absolute Gasteiger partial charge is 0.497 e. The van der Waals surface area contributed by atoms with Crippen LogP contribution < -0.4 is 10.3 Å². The normalized spacial score (nSPS) is 11.5. The summed E-state index contributed by atoms with van der Waals surface area (Å²) in [6, 6.07) is 27.5. The van der Waals surface area contributed by atoms with Crippen molar-refractivity contribution in [3.05, 3.63) is 106 Å². The highest BCUT2D eigenvalue weighted by molar-refractivity contribution is 6.03. The fourth-order valence-electron chi connectivity index (χ4n) is 3.58. The van der Waals surface area contributed by atoms with Crippen LogP contribution in [-0.4, -0.2) is 29.1 Å². The third-order valence-corrected chi connectivity index (χ3v) is 5.24. The average molecular weight is 412 g/mol. The van der Waals surface area contributed by atoms with Crippen LogP contribution >= 0.6 is 0 Å². The lowest BCUT2D eigenvalue weighted by Gasteiger charge is -2.04. The van der Waals surface area contributed by atoms with Gasteiger partial charge in [0.2, 0.25) is 0 Å². The molecular weight excluding hydrogens is 386 g/mol. The van der Waals surface area contributed by atoms with Gasteiger partial charge in [0.1, 0.15) is 5.75 Å². The standard InChI is InChI=1S/C26H25N3O2/c1-19(27-18-17-20-9-5-3-6-10-20)24-25(21-11-7-4-8-12-21)28-29(26(24)30)22-13-15-23(31-2)16-14-22/h3-16,28H,17-18H2,1-2H3. The fourth-order valence-corrected chi connectivity index (χ4v) is 3.58. The highest BCUT2D eigenvalue weighted by Crippen LogP contribution is 2.22. The topological polar surface area (TPSA) is 59.4 Å². The van der Waals surface area contributed by atoms with Crippen molar-refractivity contribution >= 4 is 5.71 Å². The predicted molar refractivity (Wildman–Crippen MR) is 126 cm³/mol. The van der Waals surface area contributed by atoms with Crippen LogP contribution in [0.1, 0.15) is 18.1 Å². The number of nitrogens with zero attached hydrogens (tertiary/aromatic N) is 2. The van der Waals surface area contributed by atoms with Gasteiger partial charge in [-0.2, -0.15) is 0 Å². The zero-order valence-corrected chi connectivity index (χ0v) is 17.7. The molecule has 0 aliphatic heterocycles. The molecule has 0 atom stereocenters. The molecule has 5 nitrogen and oxygen atoms in total. The summed E-state index contributed by atoms with van der Waals surface area (Å²) in [5.74, 6) is 0.741. The number of H-pyrrole nitrogens is 1. The monoisotopic (exact) mass is 411 g/mol. The zero-order chi connectivity index (χ0) is 21.6. The number of aromatic nitrogens is 2. The van der Waals surface area contributed by atoms with Crippen molar-refractivity contribution in [2.75, 3.05) is 13.7 Å². The maximum atomic E-state index is 13.4. The van der Waals surface area contributed by atoms with Crippen molar-refractivity contribution in [2.24, 2.45) is 4.99 Å². The van der Waals surface area contributed by atoms with Gasteiger partial charge in [0.25, 0.3) is 5.56 Å². The highest BCUT2D eigenvalue weighted by atomic mass is 16.5. The molecule has 4 rings (SSSR count). The van der Waals surface area contributed by atoms with E-state index in [4.69, 9.17) is 9.73 Å². The van der Waals surface area contributed by atoms with Crippen LogP contribution in [0.5, 0.6) is 5.75 Å². The van der Waals surface area contributed by atoms with E-state index in [-0.39, 0.29) is 5.56 Å². The summed E-state index contributed by atoms with van der Waals surface area (Å²) < 4.78 is 6.80. The summed E-state index contributed by atoms with van der Waals surface area (Å²) in [7, 11) is 1.62. The molecule has 0 aliphatic carbocycles. The molecule has 0 saturated carbocycles. The van der Waals surface area contributed by atoms with Crippen molar-refractivity contribution in [3.63, 3.8) is 0 Å². The molecule has 0 saturated heterocycles. The van der Waals surface area contributed by atoms with Crippen LogP contribution in [0.25, 0.3) is 16.9 Å². The second-order valence-electron chi connectivity index (χ2n) is 7.27. The number of methoxy groups -OCH3 is 1. The Labute approximate surface area is 181 Å². The van der Waals surface area contributed by atoms with Crippen LogP contribution in [0.2, 0.25) is 0 Å². The first-order chi connectivity index (χ1) is 15.2. The van der Waals surface area contributed by atoms with Gasteiger partial charge in [0.05, 0.1) is 24.1 Å². The van der Waals surface area contributed by atoms with Crippen LogP contribution in [0, 0.1) is 0 Å². The maximum Gasteiger partial charge on any atom is 0.280 e. The second-order valence-corrected chi connectivity index (χ2v) is 7.27. The summed E-state index contributed by atoms with van der Waals surface area (Å²) in [6.07, 6.45) is 0.829. The second kappa shape index (κ2) is 9.30. The summed E-state index contributed by atoms with van der Waals surface area (Å²) in [5.41, 5.74) is 4.88. The van der Waals surface area contributed by atoms with Crippen molar-refractivity contribution in [2.45, 2.75) is 13.3 Å². The first-order valence-corrected chi connectivity index (χ1v) is 10.3. The number of hydrogen-bond acceptors (Lipinski definition) is 3. The van der Waals surface area contributed by atoms with Gasteiger partial charge in [-0.1, -0.05) is 60.7 Å². The molecule has 3 aromatic carbocycles. The van der Waals surface area contributed by atoms with Gasteiger partial charge in [-0.25, -0.2) is 4.68 Å². The van der Waals surface area contributed by atoms with Gasteiger partial charge >= 0.3 is 0 Å². The first kappa shape index (κ1) is 20.4. The summed E-state index contributed by atoms with van der Waals surface area (Å²) in [6.45, 7) is 2.53. The van der Waals surface area contributed by atoms with Crippen molar-refractivity contribution in [3.8, 4) is 22.7 Å². The molecule has 0 amide bonds. The number of hydrogen-bond donors (Lipinski definition) is 1. The summed E-state index contributed by atoms with van der Waals surface area (Å²) in [4.78, 5) is 18.1. The van der Waals surface area contributed by atoms with E-state index in [1.54, 1.807) is 11.8 Å². The lowest BCUT2D eigenvalue weighted by Crippen LogP contribution is -2.19. The van der Waals surface area contributed by atoms with E-state index in [1.165, 1.54) is 5.56 Å². The van der Waals surface area contributed by atoms with Crippen LogP contribution in [0.4, 0.5) is 0 Å². The zero-order valence-electron chi connectivity index (χ0n) is 17.7. The Kier molecular flexibility index (Phi) is 6.13. The Hall–Kier alpha value is -3.86. The smallest absolute Gasteiger partial charge is 0.280 e. The van der Waals surface area contributed by atoms with E-state index in [0.717, 1.165) is 34.8 Å². The van der Waals surface area contributed by atoms with Crippen LogP contribution in [0.3, 0.4) is 0 Å². The third kappa shape index (κ3) is 4.51. The van der Waals surface area contributed by atoms with Gasteiger partial charge in [-0.3, -0.25) is 14.9 Å². The maximum absolute atomic E-state index is 13.4. The number of aliphatic imine (C=N–C) groups is 1. The Morgan fingerprint density at radius 1 is 0.935 bits per heavy atom. The molecule has 1 aromatic heterocycles. The predicted octanol–water partition coefficient (Wildman–Crippen LogP) is 4.89. The number of nitrogens with one attached hydrogen (secondary N) is 1. The minimum absolute atomic E-state index is 0.120. The molecule has 0 aliphatic rings. The van der Waals surface area contributed by atoms with Crippen LogP contribution in [-0.2, 0) is 6.42 Å². The number of ether oxygens (including phenoxy) is 1. The van der Waals surface area contributed by atoms with Gasteiger partial charge < -0.3 is 4.74 Å². The van der Waals surface area contributed by atoms with Gasteiger partial charge in [-0.15, -0.1) is 0 Å². The van der Waals surface area contributed by atoms with E-state index >= 15 is 0 Å². The van der Waals surface area contributed by atoms with Crippen molar-refractivity contribution < 1.29 is 4.74 Å². The Morgan fingerprint density at radius 3 is 2.23 bits per heavy atom. The molecule has 156 valence electrons. The Bertz CT molecular complexity index is 1220. The summed E-state index contributed by atoms with van der Waals surface area (Å²) >= 11 is 0. The molecule has 0 fully saturated rings. The minimum Gasteiger partial charge on any atom is -0.497 e. The SMILES string of the molecule is COc1ccc(-n2[nH]c(-c3ccccc3)c(C(C)=NCCc3ccccc3)c2=O)cc1. The number of benzene rings is 3. The highest BCUT2D eigenvalue weighted by Gasteiger charge is 2.19. The molecule has 5 heteroatoms. The number of aromatic amines is 1. The first-order valence-electron chi connectivity index (χ1n) is 10.3. The van der Waals surface area contributed by atoms with Gasteiger partial charge in [0.15, 0.2) is 0 Å². The average Bonchev–Trinajstić information content (AvgIpc) is 3.17. The molecular formula is C26H25N3O2. The van der Waals surface area contributed by atoms with E-state index in [2.05, 4.69) is 17.2 Å². The lowest BCUT2D eigenvalue weighted by molar-refractivity contribution is 0.414. The minimum atomic E-state index is -0.120. The molecule has 4 aromatic rings. The molecule has 1 heterocycles. The Morgan fingerprint density at radius 2 is 1.58 bits per heavy atom. The lowest BCUT2D eigenvalue weighted by atomic mass is 10.1. The molecule has 31 heavy (non-hydrogen) atoms. The quantitative estimate of drug-likeness (QED) is 0.440. The fraction of sp³-hybridized carbons (Fsp3) is 0.154. The van der Waals surface area contributed by atoms with E-state index in [0.29, 0.717) is 12.1 Å². The molecule has 0 bridgehead atoms. The van der Waals surface area contributed by atoms with Crippen LogP contribution in [0.15, 0.2) is 94.7 Å². The van der Waals surface area contributed by atoms with E-state index in [1.807, 2.05) is 79.7 Å². The van der Waals surface area contributed by atoms with E-state index < -0.39 is 0 Å². The molecule has 1 N–H and O–H groups in total. The van der Waals surface area contributed by atoms with Gasteiger partial charge in [-0.05, 0) is 43.2 Å². The van der Waals surface area contributed by atoms with E-state index in [9.17, 15) is 4.79 Å². The molecule has 0 spiro atoms. The molecule has 0 unspecified atom stereocenters. The molecule has 0 radical (unpaired) electrons. The third-order valence-electron chi connectivity index (χ3n) is 5.24. The number of rotatable bonds is 7.